The Bertz CT molecular complexity index is 435. The predicted molar refractivity (Wildman–Crippen MR) is 72.9 cm³/mol. The van der Waals surface area contributed by atoms with Gasteiger partial charge in [0, 0.05) is 0 Å². The average molecular weight is 249 g/mol. The van der Waals surface area contributed by atoms with Crippen LogP contribution in [0.15, 0.2) is 43.0 Å². The molecule has 92 valence electrons. The van der Waals surface area contributed by atoms with Gasteiger partial charge in [0.2, 0.25) is 0 Å². The highest BCUT2D eigenvalue weighted by Crippen LogP contribution is 2.47. The van der Waals surface area contributed by atoms with Crippen LogP contribution in [0.4, 0.5) is 0 Å². The Morgan fingerprint density at radius 3 is 2.35 bits per heavy atom. The monoisotopic (exact) mass is 249 g/mol. The lowest BCUT2D eigenvalue weighted by atomic mass is 10.1. The van der Waals surface area contributed by atoms with Gasteiger partial charge >= 0.3 is 0 Å². The molecule has 2 rings (SSSR count). The first kappa shape index (κ1) is 12.5. The van der Waals surface area contributed by atoms with E-state index in [0.29, 0.717) is 0 Å². The second-order valence-electron chi connectivity index (χ2n) is 5.30. The van der Waals surface area contributed by atoms with Gasteiger partial charge in [-0.3, -0.25) is 0 Å². The van der Waals surface area contributed by atoms with Gasteiger partial charge in [-0.2, -0.15) is 0 Å². The van der Waals surface area contributed by atoms with Crippen molar-refractivity contribution >= 4 is 11.0 Å². The van der Waals surface area contributed by atoms with E-state index in [0.717, 1.165) is 0 Å². The number of rotatable bonds is 3. The van der Waals surface area contributed by atoms with Crippen molar-refractivity contribution in [1.29, 1.82) is 0 Å². The molecule has 1 aliphatic rings. The Morgan fingerprint density at radius 1 is 1.29 bits per heavy atom. The molecule has 1 aromatic carbocycles. The van der Waals surface area contributed by atoms with Crippen LogP contribution in [0.2, 0.25) is 0 Å². The van der Waals surface area contributed by atoms with Crippen LogP contribution >= 0.6 is 0 Å². The lowest BCUT2D eigenvalue weighted by Crippen LogP contribution is -2.28. The van der Waals surface area contributed by atoms with E-state index >= 15 is 0 Å². The lowest BCUT2D eigenvalue weighted by molar-refractivity contribution is 0.603. The summed E-state index contributed by atoms with van der Waals surface area (Å²) in [6, 6.07) is 10.6. The van der Waals surface area contributed by atoms with Gasteiger partial charge in [0.15, 0.2) is 0 Å². The topological polar surface area (TPSA) is 20.1 Å². The van der Waals surface area contributed by atoms with Crippen molar-refractivity contribution in [3.05, 3.63) is 48.6 Å². The van der Waals surface area contributed by atoms with Crippen molar-refractivity contribution in [2.45, 2.75) is 37.6 Å². The largest absolute Gasteiger partial charge is 0.242 e. The number of hydrogen-bond donors (Lipinski definition) is 0. The minimum absolute atomic E-state index is 0.206. The molecule has 2 nitrogen and oxygen atoms in total. The van der Waals surface area contributed by atoms with Crippen molar-refractivity contribution in [2.75, 3.05) is 0 Å². The molecule has 0 aromatic heterocycles. The highest BCUT2D eigenvalue weighted by molar-refractivity contribution is 7.84. The summed E-state index contributed by atoms with van der Waals surface area (Å²) in [5, 5.41) is 0. The maximum Gasteiger partial charge on any atom is 0.101 e. The highest BCUT2D eigenvalue weighted by atomic mass is 32.2. The maximum atomic E-state index is 12.4. The molecule has 0 bridgehead atoms. The van der Waals surface area contributed by atoms with Gasteiger partial charge in [0.25, 0.3) is 0 Å². The van der Waals surface area contributed by atoms with Crippen molar-refractivity contribution in [2.24, 2.45) is 0 Å². The molecular formula is C14H19NOS. The maximum absolute atomic E-state index is 12.4. The Balaban J connectivity index is 2.22. The Hall–Kier alpha value is -0.930. The summed E-state index contributed by atoms with van der Waals surface area (Å²) in [6.45, 7) is 9.85. The molecule has 1 aromatic rings. The van der Waals surface area contributed by atoms with E-state index in [1.54, 1.807) is 0 Å². The van der Waals surface area contributed by atoms with E-state index < -0.39 is 11.0 Å². The number of benzene rings is 1. The zero-order chi connectivity index (χ0) is 12.6. The molecule has 1 heterocycles. The Labute approximate surface area is 106 Å². The molecule has 0 aliphatic carbocycles. The molecule has 0 saturated carbocycles. The van der Waals surface area contributed by atoms with Crippen LogP contribution in [0.3, 0.4) is 0 Å². The molecule has 1 aliphatic heterocycles. The first-order valence-electron chi connectivity index (χ1n) is 5.84. The van der Waals surface area contributed by atoms with Crippen LogP contribution < -0.4 is 0 Å². The van der Waals surface area contributed by atoms with Crippen LogP contribution in [0.25, 0.3) is 0 Å². The number of nitrogens with zero attached hydrogens (tertiary/aromatic N) is 1. The van der Waals surface area contributed by atoms with E-state index in [4.69, 9.17) is 0 Å². The summed E-state index contributed by atoms with van der Waals surface area (Å²) in [6.07, 6.45) is 1.89. The third-order valence-corrected chi connectivity index (χ3v) is 4.80. The standard InChI is InChI=1S/C14H19NOS/c1-5-12-13(11-9-7-6-8-10-11)15(12)17(16)14(2,3)4/h5-10,12-13H,1H2,2-4H3/t12-,13-,15?,17?/m0/s1. The van der Waals surface area contributed by atoms with Crippen molar-refractivity contribution in [3.63, 3.8) is 0 Å². The molecule has 0 radical (unpaired) electrons. The molecule has 1 fully saturated rings. The van der Waals surface area contributed by atoms with E-state index in [9.17, 15) is 4.21 Å². The normalized spacial score (nSPS) is 29.7. The fraction of sp³-hybridized carbons (Fsp3) is 0.429. The molecule has 2 unspecified atom stereocenters. The molecular weight excluding hydrogens is 230 g/mol. The zero-order valence-electron chi connectivity index (χ0n) is 10.6. The van der Waals surface area contributed by atoms with Crippen LogP contribution in [-0.4, -0.2) is 19.3 Å². The summed E-state index contributed by atoms with van der Waals surface area (Å²) >= 11 is 0. The minimum Gasteiger partial charge on any atom is -0.242 e. The Kier molecular flexibility index (Phi) is 3.23. The van der Waals surface area contributed by atoms with Crippen molar-refractivity contribution in [3.8, 4) is 0 Å². The molecule has 4 atom stereocenters. The lowest BCUT2D eigenvalue weighted by Gasteiger charge is -2.18. The van der Waals surface area contributed by atoms with Gasteiger partial charge in [0.05, 0.1) is 16.8 Å². The first-order chi connectivity index (χ1) is 7.96. The quantitative estimate of drug-likeness (QED) is 0.595. The zero-order valence-corrected chi connectivity index (χ0v) is 11.4. The van der Waals surface area contributed by atoms with E-state index in [-0.39, 0.29) is 16.8 Å². The summed E-state index contributed by atoms with van der Waals surface area (Å²) in [5.41, 5.74) is 1.22. The van der Waals surface area contributed by atoms with Gasteiger partial charge in [-0.05, 0) is 26.3 Å². The third-order valence-electron chi connectivity index (χ3n) is 2.90. The molecule has 0 N–H and O–H groups in total. The van der Waals surface area contributed by atoms with Gasteiger partial charge in [0.1, 0.15) is 11.0 Å². The van der Waals surface area contributed by atoms with Crippen molar-refractivity contribution < 1.29 is 4.21 Å². The van der Waals surface area contributed by atoms with E-state index in [2.05, 4.69) is 18.7 Å². The molecule has 1 saturated heterocycles. The SMILES string of the molecule is C=C[C@H]1[C@H](c2ccccc2)N1S(=O)C(C)(C)C. The summed E-state index contributed by atoms with van der Waals surface area (Å²) in [7, 11) is -0.976. The first-order valence-corrected chi connectivity index (χ1v) is 6.95. The number of hydrogen-bond acceptors (Lipinski definition) is 1. The molecule has 17 heavy (non-hydrogen) atoms. The van der Waals surface area contributed by atoms with Crippen LogP contribution in [0, 0.1) is 0 Å². The van der Waals surface area contributed by atoms with Crippen LogP contribution in [0.5, 0.6) is 0 Å². The second-order valence-corrected chi connectivity index (χ2v) is 7.45. The van der Waals surface area contributed by atoms with Gasteiger partial charge in [-0.1, -0.05) is 36.4 Å². The average Bonchev–Trinajstić information content (AvgIpc) is 3.02. The summed E-state index contributed by atoms with van der Waals surface area (Å²) < 4.78 is 14.2. The fourth-order valence-corrected chi connectivity index (χ4v) is 3.44. The van der Waals surface area contributed by atoms with E-state index in [1.807, 2.05) is 49.4 Å². The van der Waals surface area contributed by atoms with Gasteiger partial charge < -0.3 is 0 Å². The fourth-order valence-electron chi connectivity index (χ4n) is 1.99. The van der Waals surface area contributed by atoms with E-state index in [1.165, 1.54) is 5.56 Å². The molecule has 0 spiro atoms. The predicted octanol–water partition coefficient (Wildman–Crippen LogP) is 3.06. The van der Waals surface area contributed by atoms with Crippen LogP contribution in [0.1, 0.15) is 32.4 Å². The minimum atomic E-state index is -0.976. The molecule has 0 amide bonds. The summed E-state index contributed by atoms with van der Waals surface area (Å²) in [5.74, 6) is 0. The molecule has 3 heteroatoms. The third kappa shape index (κ3) is 2.35. The van der Waals surface area contributed by atoms with Crippen LogP contribution in [-0.2, 0) is 11.0 Å². The smallest absolute Gasteiger partial charge is 0.101 e. The highest BCUT2D eigenvalue weighted by Gasteiger charge is 2.52. The second kappa shape index (κ2) is 4.39. The van der Waals surface area contributed by atoms with Gasteiger partial charge in [-0.25, -0.2) is 8.51 Å². The van der Waals surface area contributed by atoms with Crippen molar-refractivity contribution in [1.82, 2.24) is 4.31 Å². The van der Waals surface area contributed by atoms with Gasteiger partial charge in [-0.15, -0.1) is 6.58 Å². The Morgan fingerprint density at radius 2 is 1.88 bits per heavy atom. The summed E-state index contributed by atoms with van der Waals surface area (Å²) in [4.78, 5) is 0.